The topological polar surface area (TPSA) is 48.7 Å². The Morgan fingerprint density at radius 2 is 1.81 bits per heavy atom. The molecule has 1 atom stereocenters. The van der Waals surface area contributed by atoms with Crippen LogP contribution in [0.2, 0.25) is 0 Å². The number of rotatable bonds is 3. The van der Waals surface area contributed by atoms with Gasteiger partial charge in [-0.05, 0) is 36.1 Å². The molecule has 0 aliphatic carbocycles. The summed E-state index contributed by atoms with van der Waals surface area (Å²) < 4.78 is 0. The minimum absolute atomic E-state index is 0.121. The van der Waals surface area contributed by atoms with Crippen molar-refractivity contribution in [2.24, 2.45) is 0 Å². The number of nitrogens with one attached hydrogen (secondary N) is 1. The number of anilines is 1. The second-order valence-electron chi connectivity index (χ2n) is 4.98. The smallest absolute Gasteiger partial charge is 0.134 e. The highest BCUT2D eigenvalue weighted by Gasteiger charge is 2.08. The molecule has 102 valence electrons. The molecule has 1 N–H and O–H groups in total. The minimum atomic E-state index is 0.121. The van der Waals surface area contributed by atoms with Gasteiger partial charge in [-0.3, -0.25) is 0 Å². The maximum Gasteiger partial charge on any atom is 0.134 e. The van der Waals surface area contributed by atoms with E-state index in [0.29, 0.717) is 5.56 Å². The first-order valence-corrected chi connectivity index (χ1v) is 6.88. The fourth-order valence-corrected chi connectivity index (χ4v) is 2.37. The Balaban J connectivity index is 1.89. The van der Waals surface area contributed by atoms with Crippen LogP contribution < -0.4 is 5.32 Å². The predicted molar refractivity (Wildman–Crippen MR) is 84.9 cm³/mol. The number of benzene rings is 2. The highest BCUT2D eigenvalue weighted by atomic mass is 15.0. The lowest BCUT2D eigenvalue weighted by Crippen LogP contribution is -2.08. The second kappa shape index (κ2) is 5.64. The van der Waals surface area contributed by atoms with Crippen LogP contribution in [0.5, 0.6) is 0 Å². The van der Waals surface area contributed by atoms with Gasteiger partial charge in [0, 0.05) is 17.6 Å². The number of nitrogens with zero attached hydrogens (tertiary/aromatic N) is 2. The molecule has 3 heteroatoms. The molecular weight excluding hydrogens is 258 g/mol. The van der Waals surface area contributed by atoms with Crippen molar-refractivity contribution in [2.75, 3.05) is 5.32 Å². The minimum Gasteiger partial charge on any atom is -0.363 e. The molecule has 1 aromatic heterocycles. The van der Waals surface area contributed by atoms with Gasteiger partial charge in [-0.2, -0.15) is 5.26 Å². The first-order chi connectivity index (χ1) is 10.3. The lowest BCUT2D eigenvalue weighted by Gasteiger charge is -2.16. The molecular formula is C18H15N3. The average Bonchev–Trinajstić information content (AvgIpc) is 2.55. The summed E-state index contributed by atoms with van der Waals surface area (Å²) in [6.45, 7) is 2.09. The number of fused-ring (bicyclic) bond motifs is 1. The van der Waals surface area contributed by atoms with Gasteiger partial charge in [0.05, 0.1) is 11.6 Å². The van der Waals surface area contributed by atoms with E-state index in [1.807, 2.05) is 48.7 Å². The summed E-state index contributed by atoms with van der Waals surface area (Å²) in [6, 6.07) is 20.1. The number of pyridine rings is 1. The predicted octanol–water partition coefficient (Wildman–Crippen LogP) is 4.28. The third-order valence-electron chi connectivity index (χ3n) is 3.57. The average molecular weight is 273 g/mol. The van der Waals surface area contributed by atoms with Gasteiger partial charge in [-0.1, -0.05) is 36.4 Å². The number of hydrogen-bond acceptors (Lipinski definition) is 3. The molecule has 3 rings (SSSR count). The van der Waals surface area contributed by atoms with Crippen LogP contribution in [-0.4, -0.2) is 4.98 Å². The summed E-state index contributed by atoms with van der Waals surface area (Å²) in [4.78, 5) is 4.44. The van der Waals surface area contributed by atoms with Crippen molar-refractivity contribution in [1.82, 2.24) is 4.98 Å². The zero-order valence-corrected chi connectivity index (χ0v) is 11.7. The summed E-state index contributed by atoms with van der Waals surface area (Å²) in [5.41, 5.74) is 1.80. The van der Waals surface area contributed by atoms with Crippen molar-refractivity contribution in [3.8, 4) is 6.07 Å². The Morgan fingerprint density at radius 3 is 2.57 bits per heavy atom. The highest BCUT2D eigenvalue weighted by molar-refractivity contribution is 5.91. The van der Waals surface area contributed by atoms with Gasteiger partial charge in [0.1, 0.15) is 5.82 Å². The normalized spacial score (nSPS) is 11.8. The van der Waals surface area contributed by atoms with Crippen LogP contribution >= 0.6 is 0 Å². The molecule has 0 amide bonds. The molecule has 1 heterocycles. The zero-order valence-electron chi connectivity index (χ0n) is 11.7. The van der Waals surface area contributed by atoms with Crippen LogP contribution in [0.25, 0.3) is 10.8 Å². The summed E-state index contributed by atoms with van der Waals surface area (Å²) in [7, 11) is 0. The zero-order chi connectivity index (χ0) is 14.7. The molecule has 3 aromatic rings. The molecule has 0 spiro atoms. The molecule has 21 heavy (non-hydrogen) atoms. The highest BCUT2D eigenvalue weighted by Crippen LogP contribution is 2.24. The van der Waals surface area contributed by atoms with E-state index in [1.165, 1.54) is 5.39 Å². The Morgan fingerprint density at radius 1 is 1.05 bits per heavy atom. The van der Waals surface area contributed by atoms with Gasteiger partial charge in [-0.15, -0.1) is 0 Å². The van der Waals surface area contributed by atoms with Gasteiger partial charge in [0.2, 0.25) is 0 Å². The summed E-state index contributed by atoms with van der Waals surface area (Å²) in [5, 5.41) is 14.6. The number of nitriles is 1. The summed E-state index contributed by atoms with van der Waals surface area (Å²) >= 11 is 0. The number of aromatic nitrogens is 1. The molecule has 0 aliphatic rings. The van der Waals surface area contributed by atoms with Gasteiger partial charge in [0.15, 0.2) is 0 Å². The molecule has 1 unspecified atom stereocenters. The molecule has 0 bridgehead atoms. The third kappa shape index (κ3) is 2.70. The van der Waals surface area contributed by atoms with Crippen LogP contribution in [0.4, 0.5) is 5.82 Å². The van der Waals surface area contributed by atoms with E-state index < -0.39 is 0 Å². The van der Waals surface area contributed by atoms with Crippen molar-refractivity contribution in [3.05, 3.63) is 71.9 Å². The first kappa shape index (κ1) is 13.1. The molecule has 0 aliphatic heterocycles. The maximum absolute atomic E-state index is 8.85. The van der Waals surface area contributed by atoms with Crippen molar-refractivity contribution in [3.63, 3.8) is 0 Å². The summed E-state index contributed by atoms with van der Waals surface area (Å²) in [5.74, 6) is 0.880. The van der Waals surface area contributed by atoms with Crippen LogP contribution in [0.3, 0.4) is 0 Å². The Kier molecular flexibility index (Phi) is 3.53. The van der Waals surface area contributed by atoms with E-state index in [0.717, 1.165) is 16.8 Å². The summed E-state index contributed by atoms with van der Waals surface area (Å²) in [6.07, 6.45) is 1.82. The van der Waals surface area contributed by atoms with E-state index in [9.17, 15) is 0 Å². The van der Waals surface area contributed by atoms with Crippen LogP contribution in [0.1, 0.15) is 24.1 Å². The second-order valence-corrected chi connectivity index (χ2v) is 4.98. The van der Waals surface area contributed by atoms with Crippen molar-refractivity contribution in [2.45, 2.75) is 13.0 Å². The molecule has 0 saturated heterocycles. The Labute approximate surface area is 123 Å². The van der Waals surface area contributed by atoms with Crippen LogP contribution in [0, 0.1) is 11.3 Å². The molecule has 0 fully saturated rings. The Hall–Kier alpha value is -2.86. The standard InChI is InChI=1S/C18H15N3/c1-13(15-8-6-14(12-19)7-9-15)21-18-17-5-3-2-4-16(17)10-11-20-18/h2-11,13H,1H3,(H,20,21). The van der Waals surface area contributed by atoms with Crippen molar-refractivity contribution in [1.29, 1.82) is 5.26 Å². The fraction of sp³-hybridized carbons (Fsp3) is 0.111. The van der Waals surface area contributed by atoms with Crippen molar-refractivity contribution >= 4 is 16.6 Å². The van der Waals surface area contributed by atoms with E-state index in [4.69, 9.17) is 5.26 Å². The van der Waals surface area contributed by atoms with E-state index >= 15 is 0 Å². The number of hydrogen-bond donors (Lipinski definition) is 1. The molecule has 0 radical (unpaired) electrons. The van der Waals surface area contributed by atoms with Gasteiger partial charge in [-0.25, -0.2) is 4.98 Å². The first-order valence-electron chi connectivity index (χ1n) is 6.88. The van der Waals surface area contributed by atoms with Crippen LogP contribution in [0.15, 0.2) is 60.8 Å². The van der Waals surface area contributed by atoms with E-state index in [2.05, 4.69) is 35.4 Å². The largest absolute Gasteiger partial charge is 0.363 e. The van der Waals surface area contributed by atoms with E-state index in [-0.39, 0.29) is 6.04 Å². The van der Waals surface area contributed by atoms with E-state index in [1.54, 1.807) is 0 Å². The lowest BCUT2D eigenvalue weighted by atomic mass is 10.1. The SMILES string of the molecule is CC(Nc1nccc2ccccc12)c1ccc(C#N)cc1. The molecule has 2 aromatic carbocycles. The van der Waals surface area contributed by atoms with Gasteiger partial charge < -0.3 is 5.32 Å². The van der Waals surface area contributed by atoms with Crippen molar-refractivity contribution < 1.29 is 0 Å². The lowest BCUT2D eigenvalue weighted by molar-refractivity contribution is 0.877. The monoisotopic (exact) mass is 273 g/mol. The van der Waals surface area contributed by atoms with Gasteiger partial charge in [0.25, 0.3) is 0 Å². The van der Waals surface area contributed by atoms with Gasteiger partial charge >= 0.3 is 0 Å². The maximum atomic E-state index is 8.85. The molecule has 3 nitrogen and oxygen atoms in total. The Bertz CT molecular complexity index is 795. The molecule has 0 saturated carbocycles. The third-order valence-corrected chi connectivity index (χ3v) is 3.57. The quantitative estimate of drug-likeness (QED) is 0.774. The fourth-order valence-electron chi connectivity index (χ4n) is 2.37. The van der Waals surface area contributed by atoms with Crippen LogP contribution in [-0.2, 0) is 0 Å².